The maximum atomic E-state index is 5.28. The Morgan fingerprint density at radius 1 is 1.17 bits per heavy atom. The van der Waals surface area contributed by atoms with E-state index >= 15 is 0 Å². The highest BCUT2D eigenvalue weighted by Gasteiger charge is 2.14. The Balaban J connectivity index is 2.61. The Morgan fingerprint density at radius 3 is 2.44 bits per heavy atom. The average molecular weight is 313 g/mol. The van der Waals surface area contributed by atoms with Crippen LogP contribution in [-0.4, -0.2) is 12.4 Å². The van der Waals surface area contributed by atoms with Gasteiger partial charge >= 0.3 is 0 Å². The third kappa shape index (κ3) is 5.01. The number of alkyl halides is 1. The standard InChI is InChI=1S/C16H25BrO/c1-4-13(5-2)9-15(12-17)10-14-7-6-8-16(11-14)18-3/h6-8,11,13,15H,4-5,9-10,12H2,1-3H3. The van der Waals surface area contributed by atoms with E-state index in [4.69, 9.17) is 4.74 Å². The molecule has 1 rings (SSSR count). The molecule has 0 aliphatic carbocycles. The molecule has 0 radical (unpaired) electrons. The predicted molar refractivity (Wildman–Crippen MR) is 82.7 cm³/mol. The van der Waals surface area contributed by atoms with Crippen molar-refractivity contribution in [2.24, 2.45) is 11.8 Å². The van der Waals surface area contributed by atoms with Gasteiger partial charge in [0.25, 0.3) is 0 Å². The van der Waals surface area contributed by atoms with Gasteiger partial charge in [-0.3, -0.25) is 0 Å². The van der Waals surface area contributed by atoms with Crippen LogP contribution < -0.4 is 4.74 Å². The summed E-state index contributed by atoms with van der Waals surface area (Å²) in [5, 5.41) is 1.08. The lowest BCUT2D eigenvalue weighted by Crippen LogP contribution is -2.12. The monoisotopic (exact) mass is 312 g/mol. The third-order valence-electron chi connectivity index (χ3n) is 3.70. The van der Waals surface area contributed by atoms with Crippen molar-refractivity contribution in [3.63, 3.8) is 0 Å². The molecule has 0 aliphatic rings. The lowest BCUT2D eigenvalue weighted by atomic mass is 9.88. The Labute approximate surface area is 120 Å². The summed E-state index contributed by atoms with van der Waals surface area (Å²) in [6.07, 6.45) is 5.03. The van der Waals surface area contributed by atoms with E-state index in [9.17, 15) is 0 Å². The van der Waals surface area contributed by atoms with Crippen molar-refractivity contribution in [2.75, 3.05) is 12.4 Å². The Bertz CT molecular complexity index is 334. The van der Waals surface area contributed by atoms with Gasteiger partial charge in [-0.2, -0.15) is 0 Å². The van der Waals surface area contributed by atoms with Crippen LogP contribution in [0.5, 0.6) is 5.75 Å². The highest BCUT2D eigenvalue weighted by Crippen LogP contribution is 2.25. The quantitative estimate of drug-likeness (QED) is 0.608. The molecule has 0 aliphatic heterocycles. The van der Waals surface area contributed by atoms with Gasteiger partial charge in [0.05, 0.1) is 7.11 Å². The smallest absolute Gasteiger partial charge is 0.119 e. The van der Waals surface area contributed by atoms with Gasteiger partial charge in [0.15, 0.2) is 0 Å². The van der Waals surface area contributed by atoms with Crippen molar-refractivity contribution < 1.29 is 4.74 Å². The summed E-state index contributed by atoms with van der Waals surface area (Å²) in [6, 6.07) is 8.44. The molecule has 1 aromatic carbocycles. The first kappa shape index (κ1) is 15.6. The molecule has 18 heavy (non-hydrogen) atoms. The van der Waals surface area contributed by atoms with E-state index in [2.05, 4.69) is 48.0 Å². The van der Waals surface area contributed by atoms with Crippen molar-refractivity contribution in [1.82, 2.24) is 0 Å². The number of halogens is 1. The molecule has 1 unspecified atom stereocenters. The zero-order chi connectivity index (χ0) is 13.4. The summed E-state index contributed by atoms with van der Waals surface area (Å²) in [4.78, 5) is 0. The summed E-state index contributed by atoms with van der Waals surface area (Å²) >= 11 is 3.66. The molecule has 2 heteroatoms. The zero-order valence-corrected chi connectivity index (χ0v) is 13.4. The number of rotatable bonds is 8. The number of hydrogen-bond acceptors (Lipinski definition) is 1. The van der Waals surface area contributed by atoms with Crippen molar-refractivity contribution in [3.8, 4) is 5.75 Å². The summed E-state index contributed by atoms with van der Waals surface area (Å²) in [7, 11) is 1.73. The Morgan fingerprint density at radius 2 is 1.89 bits per heavy atom. The summed E-state index contributed by atoms with van der Waals surface area (Å²) in [6.45, 7) is 4.59. The minimum Gasteiger partial charge on any atom is -0.497 e. The molecule has 0 heterocycles. The van der Waals surface area contributed by atoms with E-state index in [1.54, 1.807) is 7.11 Å². The van der Waals surface area contributed by atoms with Gasteiger partial charge in [0.1, 0.15) is 5.75 Å². The van der Waals surface area contributed by atoms with Crippen LogP contribution in [0, 0.1) is 11.8 Å². The van der Waals surface area contributed by atoms with Gasteiger partial charge in [-0.25, -0.2) is 0 Å². The van der Waals surface area contributed by atoms with Gasteiger partial charge in [0.2, 0.25) is 0 Å². The third-order valence-corrected chi connectivity index (χ3v) is 4.61. The Hall–Kier alpha value is -0.500. The number of ether oxygens (including phenoxy) is 1. The zero-order valence-electron chi connectivity index (χ0n) is 11.8. The van der Waals surface area contributed by atoms with Crippen molar-refractivity contribution >= 4 is 15.9 Å². The predicted octanol–water partition coefficient (Wildman–Crippen LogP) is 5.08. The van der Waals surface area contributed by atoms with Crippen LogP contribution in [0.4, 0.5) is 0 Å². The molecule has 0 fully saturated rings. The fourth-order valence-corrected chi connectivity index (χ4v) is 2.92. The van der Waals surface area contributed by atoms with Crippen LogP contribution >= 0.6 is 15.9 Å². The van der Waals surface area contributed by atoms with Gasteiger partial charge in [-0.15, -0.1) is 0 Å². The summed E-state index contributed by atoms with van der Waals surface area (Å²) in [5.74, 6) is 2.54. The van der Waals surface area contributed by atoms with Crippen LogP contribution in [0.1, 0.15) is 38.7 Å². The summed E-state index contributed by atoms with van der Waals surface area (Å²) < 4.78 is 5.28. The van der Waals surface area contributed by atoms with E-state index < -0.39 is 0 Å². The van der Waals surface area contributed by atoms with E-state index in [0.717, 1.165) is 29.3 Å². The first-order chi connectivity index (χ1) is 8.73. The normalized spacial score (nSPS) is 12.7. The molecule has 0 bridgehead atoms. The van der Waals surface area contributed by atoms with Gasteiger partial charge in [0, 0.05) is 5.33 Å². The molecule has 0 N–H and O–H groups in total. The highest BCUT2D eigenvalue weighted by atomic mass is 79.9. The van der Waals surface area contributed by atoms with E-state index in [-0.39, 0.29) is 0 Å². The maximum Gasteiger partial charge on any atom is 0.119 e. The molecule has 0 saturated heterocycles. The fraction of sp³-hybridized carbons (Fsp3) is 0.625. The van der Waals surface area contributed by atoms with E-state index in [1.165, 1.54) is 24.8 Å². The molecule has 1 atom stereocenters. The molecule has 1 nitrogen and oxygen atoms in total. The van der Waals surface area contributed by atoms with Gasteiger partial charge in [-0.1, -0.05) is 54.8 Å². The molecule has 102 valence electrons. The van der Waals surface area contributed by atoms with E-state index in [1.807, 2.05) is 6.07 Å². The fourth-order valence-electron chi connectivity index (χ4n) is 2.43. The molecule has 0 aromatic heterocycles. The lowest BCUT2D eigenvalue weighted by molar-refractivity contribution is 0.374. The molecule has 0 amide bonds. The van der Waals surface area contributed by atoms with Crippen molar-refractivity contribution in [2.45, 2.75) is 39.5 Å². The van der Waals surface area contributed by atoms with Crippen LogP contribution in [-0.2, 0) is 6.42 Å². The highest BCUT2D eigenvalue weighted by molar-refractivity contribution is 9.09. The van der Waals surface area contributed by atoms with Crippen molar-refractivity contribution in [3.05, 3.63) is 29.8 Å². The van der Waals surface area contributed by atoms with Gasteiger partial charge in [-0.05, 0) is 42.4 Å². The minimum atomic E-state index is 0.724. The first-order valence-corrected chi connectivity index (χ1v) is 8.04. The lowest BCUT2D eigenvalue weighted by Gasteiger charge is -2.20. The van der Waals surface area contributed by atoms with Crippen LogP contribution in [0.25, 0.3) is 0 Å². The van der Waals surface area contributed by atoms with Crippen molar-refractivity contribution in [1.29, 1.82) is 0 Å². The SMILES string of the molecule is CCC(CC)CC(CBr)Cc1cccc(OC)c1. The molecule has 0 spiro atoms. The average Bonchev–Trinajstić information content (AvgIpc) is 2.43. The second kappa shape index (κ2) is 8.58. The molecule has 1 aromatic rings. The first-order valence-electron chi connectivity index (χ1n) is 6.92. The van der Waals surface area contributed by atoms with E-state index in [0.29, 0.717) is 0 Å². The number of hydrogen-bond donors (Lipinski definition) is 0. The van der Waals surface area contributed by atoms with Crippen LogP contribution in [0.2, 0.25) is 0 Å². The maximum absolute atomic E-state index is 5.28. The molecular weight excluding hydrogens is 288 g/mol. The molecular formula is C16H25BrO. The minimum absolute atomic E-state index is 0.724. The second-order valence-corrected chi connectivity index (χ2v) is 5.64. The van der Waals surface area contributed by atoms with Gasteiger partial charge < -0.3 is 4.74 Å². The topological polar surface area (TPSA) is 9.23 Å². The largest absolute Gasteiger partial charge is 0.497 e. The summed E-state index contributed by atoms with van der Waals surface area (Å²) in [5.41, 5.74) is 1.38. The van der Waals surface area contributed by atoms with Crippen LogP contribution in [0.3, 0.4) is 0 Å². The number of benzene rings is 1. The Kier molecular flexibility index (Phi) is 7.41. The van der Waals surface area contributed by atoms with Crippen LogP contribution in [0.15, 0.2) is 24.3 Å². The number of methoxy groups -OCH3 is 1. The second-order valence-electron chi connectivity index (χ2n) is 4.99. The molecule has 0 saturated carbocycles.